The minimum Gasteiger partial charge on any atom is -0.391 e. The summed E-state index contributed by atoms with van der Waals surface area (Å²) in [5.74, 6) is -0.441. The van der Waals surface area contributed by atoms with E-state index in [9.17, 15) is 9.90 Å². The number of nitrogens with zero attached hydrogens (tertiary/aromatic N) is 3. The molecular weight excluding hydrogens is 312 g/mol. The van der Waals surface area contributed by atoms with Crippen LogP contribution in [0.25, 0.3) is 10.6 Å². The number of hydrogen-bond acceptors (Lipinski definition) is 5. The van der Waals surface area contributed by atoms with Crippen molar-refractivity contribution in [3.63, 3.8) is 0 Å². The highest BCUT2D eigenvalue weighted by atomic mass is 32.1. The van der Waals surface area contributed by atoms with E-state index in [2.05, 4.69) is 10.1 Å². The first kappa shape index (κ1) is 15.9. The van der Waals surface area contributed by atoms with Crippen molar-refractivity contribution in [3.8, 4) is 10.6 Å². The Bertz CT molecular complexity index is 763. The summed E-state index contributed by atoms with van der Waals surface area (Å²) in [4.78, 5) is 16.6. The normalized spacial score (nSPS) is 22.3. The number of carbonyl (C=O) groups excluding carboxylic acids is 1. The van der Waals surface area contributed by atoms with Crippen LogP contribution in [-0.2, 0) is 7.05 Å². The molecule has 6 nitrogen and oxygen atoms in total. The maximum absolute atomic E-state index is 11.1. The smallest absolute Gasteiger partial charge is 0.248 e. The van der Waals surface area contributed by atoms with Gasteiger partial charge < -0.3 is 10.8 Å². The molecule has 1 aromatic carbocycles. The predicted octanol–water partition coefficient (Wildman–Crippen LogP) is 1.45. The van der Waals surface area contributed by atoms with Gasteiger partial charge in [0.1, 0.15) is 5.01 Å². The summed E-state index contributed by atoms with van der Waals surface area (Å²) in [7, 11) is 1.85. The molecule has 0 spiro atoms. The summed E-state index contributed by atoms with van der Waals surface area (Å²) in [5.41, 5.74) is 6.65. The molecule has 2 unspecified atom stereocenters. The van der Waals surface area contributed by atoms with Crippen molar-refractivity contribution in [1.82, 2.24) is 9.78 Å². The molecular formula is C16H20N4O2S. The summed E-state index contributed by atoms with van der Waals surface area (Å²) in [5, 5.41) is 15.4. The van der Waals surface area contributed by atoms with E-state index in [1.807, 2.05) is 19.2 Å². The third kappa shape index (κ3) is 3.51. The zero-order chi connectivity index (χ0) is 16.4. The Kier molecular flexibility index (Phi) is 4.58. The van der Waals surface area contributed by atoms with Crippen molar-refractivity contribution < 1.29 is 9.90 Å². The SMILES string of the molecule is Cn1nc(-c2ccc(C(N)=O)cc2)sc1=NC1CCCCC1O. The maximum Gasteiger partial charge on any atom is 0.248 e. The second-order valence-electron chi connectivity index (χ2n) is 5.80. The van der Waals surface area contributed by atoms with Gasteiger partial charge in [0.25, 0.3) is 0 Å². The highest BCUT2D eigenvalue weighted by Gasteiger charge is 2.22. The highest BCUT2D eigenvalue weighted by molar-refractivity contribution is 7.12. The molecule has 122 valence electrons. The van der Waals surface area contributed by atoms with Gasteiger partial charge in [-0.25, -0.2) is 4.68 Å². The van der Waals surface area contributed by atoms with Crippen LogP contribution in [0.1, 0.15) is 36.0 Å². The van der Waals surface area contributed by atoms with Crippen LogP contribution in [0.3, 0.4) is 0 Å². The Balaban J connectivity index is 1.89. The first-order chi connectivity index (χ1) is 11.0. The number of rotatable bonds is 3. The van der Waals surface area contributed by atoms with Crippen molar-refractivity contribution in [1.29, 1.82) is 0 Å². The standard InChI is InChI=1S/C16H20N4O2S/c1-20-16(18-12-4-2-3-5-13(12)21)23-15(19-20)11-8-6-10(7-9-11)14(17)22/h6-9,12-13,21H,2-5H2,1H3,(H2,17,22). The molecule has 23 heavy (non-hydrogen) atoms. The molecule has 7 heteroatoms. The van der Waals surface area contributed by atoms with Crippen molar-refractivity contribution >= 4 is 17.2 Å². The molecule has 1 heterocycles. The van der Waals surface area contributed by atoms with E-state index < -0.39 is 5.91 Å². The Labute approximate surface area is 138 Å². The molecule has 1 amide bonds. The largest absolute Gasteiger partial charge is 0.391 e. The number of hydrogen-bond donors (Lipinski definition) is 2. The van der Waals surface area contributed by atoms with Gasteiger partial charge in [0, 0.05) is 18.2 Å². The fourth-order valence-electron chi connectivity index (χ4n) is 2.74. The minimum atomic E-state index is -0.441. The van der Waals surface area contributed by atoms with Crippen LogP contribution in [0.2, 0.25) is 0 Å². The minimum absolute atomic E-state index is 0.0412. The quantitative estimate of drug-likeness (QED) is 0.891. The molecule has 1 aromatic heterocycles. The van der Waals surface area contributed by atoms with E-state index in [4.69, 9.17) is 5.73 Å². The topological polar surface area (TPSA) is 93.5 Å². The average molecular weight is 332 g/mol. The third-order valence-electron chi connectivity index (χ3n) is 4.09. The monoisotopic (exact) mass is 332 g/mol. The van der Waals surface area contributed by atoms with Crippen LogP contribution in [0.4, 0.5) is 0 Å². The van der Waals surface area contributed by atoms with E-state index in [1.54, 1.807) is 16.8 Å². The van der Waals surface area contributed by atoms with Gasteiger partial charge >= 0.3 is 0 Å². The number of benzene rings is 1. The highest BCUT2D eigenvalue weighted by Crippen LogP contribution is 2.22. The maximum atomic E-state index is 11.1. The van der Waals surface area contributed by atoms with E-state index >= 15 is 0 Å². The number of nitrogens with two attached hydrogens (primary N) is 1. The van der Waals surface area contributed by atoms with Gasteiger partial charge in [-0.2, -0.15) is 5.10 Å². The molecule has 2 atom stereocenters. The summed E-state index contributed by atoms with van der Waals surface area (Å²) in [6.07, 6.45) is 3.55. The van der Waals surface area contributed by atoms with Crippen molar-refractivity contribution in [2.75, 3.05) is 0 Å². The van der Waals surface area contributed by atoms with E-state index in [-0.39, 0.29) is 12.1 Å². The van der Waals surface area contributed by atoms with Crippen LogP contribution >= 0.6 is 11.3 Å². The van der Waals surface area contributed by atoms with Crippen LogP contribution in [-0.4, -0.2) is 32.9 Å². The van der Waals surface area contributed by atoms with Crippen LogP contribution < -0.4 is 10.5 Å². The number of aliphatic hydroxyl groups is 1. The number of amides is 1. The lowest BCUT2D eigenvalue weighted by Crippen LogP contribution is -2.30. The predicted molar refractivity (Wildman–Crippen MR) is 88.9 cm³/mol. The van der Waals surface area contributed by atoms with Crippen LogP contribution in [0, 0.1) is 0 Å². The van der Waals surface area contributed by atoms with Gasteiger partial charge in [0.2, 0.25) is 10.7 Å². The summed E-state index contributed by atoms with van der Waals surface area (Å²) >= 11 is 1.48. The van der Waals surface area contributed by atoms with Crippen molar-refractivity contribution in [3.05, 3.63) is 34.6 Å². The van der Waals surface area contributed by atoms with Gasteiger partial charge in [-0.15, -0.1) is 0 Å². The second-order valence-corrected chi connectivity index (χ2v) is 6.76. The first-order valence-corrected chi connectivity index (χ1v) is 8.52. The molecule has 0 saturated heterocycles. The van der Waals surface area contributed by atoms with Crippen molar-refractivity contribution in [2.24, 2.45) is 17.8 Å². The number of aromatic nitrogens is 2. The third-order valence-corrected chi connectivity index (χ3v) is 5.16. The zero-order valence-electron chi connectivity index (χ0n) is 13.0. The van der Waals surface area contributed by atoms with Gasteiger partial charge in [-0.3, -0.25) is 9.79 Å². The summed E-state index contributed by atoms with van der Waals surface area (Å²) in [6.45, 7) is 0. The lowest BCUT2D eigenvalue weighted by molar-refractivity contribution is 0.1000. The van der Waals surface area contributed by atoms with E-state index in [1.165, 1.54) is 11.3 Å². The van der Waals surface area contributed by atoms with Gasteiger partial charge in [0.05, 0.1) is 12.1 Å². The van der Waals surface area contributed by atoms with E-state index in [0.717, 1.165) is 41.1 Å². The molecule has 0 aliphatic heterocycles. The lowest BCUT2D eigenvalue weighted by atomic mass is 9.93. The van der Waals surface area contributed by atoms with Crippen molar-refractivity contribution in [2.45, 2.75) is 37.8 Å². The Morgan fingerprint density at radius 3 is 2.70 bits per heavy atom. The van der Waals surface area contributed by atoms with Crippen LogP contribution in [0.5, 0.6) is 0 Å². The molecule has 3 rings (SSSR count). The Morgan fingerprint density at radius 1 is 1.35 bits per heavy atom. The summed E-state index contributed by atoms with van der Waals surface area (Å²) in [6, 6.07) is 7.01. The number of aryl methyl sites for hydroxylation is 1. The van der Waals surface area contributed by atoms with Gasteiger partial charge in [-0.05, 0) is 25.0 Å². The average Bonchev–Trinajstić information content (AvgIpc) is 2.91. The summed E-state index contributed by atoms with van der Waals surface area (Å²) < 4.78 is 1.74. The van der Waals surface area contributed by atoms with Crippen LogP contribution in [0.15, 0.2) is 29.3 Å². The van der Waals surface area contributed by atoms with E-state index in [0.29, 0.717) is 5.56 Å². The number of carbonyl (C=O) groups is 1. The Hall–Kier alpha value is -1.99. The fourth-order valence-corrected chi connectivity index (χ4v) is 3.69. The molecule has 1 saturated carbocycles. The first-order valence-electron chi connectivity index (χ1n) is 7.71. The zero-order valence-corrected chi connectivity index (χ0v) is 13.8. The Morgan fingerprint density at radius 2 is 2.04 bits per heavy atom. The molecule has 3 N–H and O–H groups in total. The molecule has 1 fully saturated rings. The van der Waals surface area contributed by atoms with Gasteiger partial charge in [-0.1, -0.05) is 36.3 Å². The molecule has 1 aliphatic carbocycles. The fraction of sp³-hybridized carbons (Fsp3) is 0.438. The number of aliphatic hydroxyl groups excluding tert-OH is 1. The molecule has 2 aromatic rings. The molecule has 0 radical (unpaired) electrons. The van der Waals surface area contributed by atoms with Gasteiger partial charge in [0.15, 0.2) is 0 Å². The molecule has 1 aliphatic rings. The number of primary amides is 1. The molecule has 0 bridgehead atoms. The lowest BCUT2D eigenvalue weighted by Gasteiger charge is -2.23. The second kappa shape index (κ2) is 6.64.